The molecule has 0 aliphatic heterocycles. The van der Waals surface area contributed by atoms with Gasteiger partial charge in [-0.05, 0) is 13.5 Å². The third-order valence-corrected chi connectivity index (χ3v) is 1.78. The van der Waals surface area contributed by atoms with Gasteiger partial charge in [0.1, 0.15) is 0 Å². The third-order valence-electron chi connectivity index (χ3n) is 1.78. The van der Waals surface area contributed by atoms with Crippen molar-refractivity contribution in [2.24, 2.45) is 12.8 Å². The zero-order valence-electron chi connectivity index (χ0n) is 6.85. The highest BCUT2D eigenvalue weighted by Crippen LogP contribution is 1.97. The summed E-state index contributed by atoms with van der Waals surface area (Å²) >= 11 is 0. The van der Waals surface area contributed by atoms with Crippen LogP contribution >= 0.6 is 0 Å². The Morgan fingerprint density at radius 3 is 2.64 bits per heavy atom. The molecule has 1 aromatic rings. The molecule has 0 bridgehead atoms. The monoisotopic (exact) mass is 155 g/mol. The molecule has 0 unspecified atom stereocenters. The Balaban J connectivity index is 3.08. The van der Waals surface area contributed by atoms with Gasteiger partial charge in [-0.2, -0.15) is 0 Å². The second-order valence-electron chi connectivity index (χ2n) is 2.62. The van der Waals surface area contributed by atoms with Gasteiger partial charge in [-0.1, -0.05) is 0 Å². The summed E-state index contributed by atoms with van der Waals surface area (Å²) in [5.41, 5.74) is 7.11. The molecular formula is C7H13N3O. The second-order valence-corrected chi connectivity index (χ2v) is 2.62. The number of aromatic amines is 1. The molecule has 0 amide bonds. The molecule has 0 spiro atoms. The summed E-state index contributed by atoms with van der Waals surface area (Å²) in [7, 11) is 1.70. The predicted octanol–water partition coefficient (Wildman–Crippen LogP) is -0.477. The molecule has 1 rings (SSSR count). The molecule has 0 saturated heterocycles. The van der Waals surface area contributed by atoms with Crippen molar-refractivity contribution in [2.45, 2.75) is 13.3 Å². The highest BCUT2D eigenvalue weighted by Gasteiger charge is 2.05. The maximum absolute atomic E-state index is 11.2. The van der Waals surface area contributed by atoms with Crippen molar-refractivity contribution in [1.82, 2.24) is 9.78 Å². The van der Waals surface area contributed by atoms with E-state index in [9.17, 15) is 4.79 Å². The lowest BCUT2D eigenvalue weighted by Gasteiger charge is -1.92. The highest BCUT2D eigenvalue weighted by atomic mass is 16.1. The standard InChI is InChI=1S/C7H13N3O/c1-5-6(3-4-8)9-10(2)7(5)11/h9H,3-4,8H2,1-2H3. The number of H-pyrrole nitrogens is 1. The summed E-state index contributed by atoms with van der Waals surface area (Å²) in [6.07, 6.45) is 0.738. The van der Waals surface area contributed by atoms with Gasteiger partial charge in [0.25, 0.3) is 5.56 Å². The number of rotatable bonds is 2. The third kappa shape index (κ3) is 1.35. The minimum absolute atomic E-state index is 0.0356. The predicted molar refractivity (Wildman–Crippen MR) is 43.5 cm³/mol. The number of nitrogens with one attached hydrogen (secondary N) is 1. The Labute approximate surface area is 65.0 Å². The van der Waals surface area contributed by atoms with Crippen molar-refractivity contribution in [3.63, 3.8) is 0 Å². The Bertz CT molecular complexity index is 297. The fourth-order valence-electron chi connectivity index (χ4n) is 1.11. The van der Waals surface area contributed by atoms with Crippen LogP contribution in [0.2, 0.25) is 0 Å². The van der Waals surface area contributed by atoms with Gasteiger partial charge in [-0.3, -0.25) is 14.6 Å². The van der Waals surface area contributed by atoms with Crippen LogP contribution in [0.5, 0.6) is 0 Å². The van der Waals surface area contributed by atoms with Gasteiger partial charge in [-0.25, -0.2) is 0 Å². The summed E-state index contributed by atoms with van der Waals surface area (Å²) in [6, 6.07) is 0. The van der Waals surface area contributed by atoms with Crippen LogP contribution in [0.15, 0.2) is 4.79 Å². The van der Waals surface area contributed by atoms with Gasteiger partial charge >= 0.3 is 0 Å². The van der Waals surface area contributed by atoms with Crippen molar-refractivity contribution in [3.05, 3.63) is 21.6 Å². The summed E-state index contributed by atoms with van der Waals surface area (Å²) in [6.45, 7) is 2.38. The lowest BCUT2D eigenvalue weighted by atomic mass is 10.2. The highest BCUT2D eigenvalue weighted by molar-refractivity contribution is 5.15. The van der Waals surface area contributed by atoms with E-state index in [0.29, 0.717) is 6.54 Å². The first kappa shape index (κ1) is 8.07. The molecule has 4 heteroatoms. The van der Waals surface area contributed by atoms with Crippen molar-refractivity contribution in [1.29, 1.82) is 0 Å². The van der Waals surface area contributed by atoms with Crippen LogP contribution in [-0.4, -0.2) is 16.3 Å². The Morgan fingerprint density at radius 2 is 2.27 bits per heavy atom. The van der Waals surface area contributed by atoms with Gasteiger partial charge in [0.05, 0.1) is 0 Å². The van der Waals surface area contributed by atoms with Crippen molar-refractivity contribution >= 4 is 0 Å². The number of aryl methyl sites for hydroxylation is 1. The SMILES string of the molecule is Cc1c(CCN)[nH]n(C)c1=O. The van der Waals surface area contributed by atoms with Gasteiger partial charge in [0.2, 0.25) is 0 Å². The van der Waals surface area contributed by atoms with Crippen molar-refractivity contribution in [2.75, 3.05) is 6.54 Å². The second kappa shape index (κ2) is 2.92. The van der Waals surface area contributed by atoms with Crippen LogP contribution in [0, 0.1) is 6.92 Å². The van der Waals surface area contributed by atoms with Crippen LogP contribution < -0.4 is 11.3 Å². The average Bonchev–Trinajstić information content (AvgIpc) is 2.19. The van der Waals surface area contributed by atoms with Crippen molar-refractivity contribution in [3.8, 4) is 0 Å². The van der Waals surface area contributed by atoms with E-state index in [0.717, 1.165) is 17.7 Å². The number of hydrogen-bond acceptors (Lipinski definition) is 2. The molecule has 1 aromatic heterocycles. The van der Waals surface area contributed by atoms with Crippen molar-refractivity contribution < 1.29 is 0 Å². The summed E-state index contributed by atoms with van der Waals surface area (Å²) < 4.78 is 1.47. The number of hydrogen-bond donors (Lipinski definition) is 2. The number of aromatic nitrogens is 2. The molecular weight excluding hydrogens is 142 g/mol. The normalized spacial score (nSPS) is 10.5. The van der Waals surface area contributed by atoms with Crippen LogP contribution in [0.25, 0.3) is 0 Å². The van der Waals surface area contributed by atoms with Gasteiger partial charge in [-0.15, -0.1) is 0 Å². The molecule has 0 radical (unpaired) electrons. The Kier molecular flexibility index (Phi) is 2.14. The number of nitrogens with zero attached hydrogens (tertiary/aromatic N) is 1. The smallest absolute Gasteiger partial charge is 0.269 e. The number of nitrogens with two attached hydrogens (primary N) is 1. The fourth-order valence-corrected chi connectivity index (χ4v) is 1.11. The minimum atomic E-state index is 0.0356. The lowest BCUT2D eigenvalue weighted by molar-refractivity contribution is 0.717. The summed E-state index contributed by atoms with van der Waals surface area (Å²) in [4.78, 5) is 11.2. The molecule has 11 heavy (non-hydrogen) atoms. The molecule has 0 aromatic carbocycles. The van der Waals surface area contributed by atoms with Gasteiger partial charge in [0, 0.05) is 24.7 Å². The average molecular weight is 155 g/mol. The van der Waals surface area contributed by atoms with Gasteiger partial charge < -0.3 is 5.73 Å². The van der Waals surface area contributed by atoms with E-state index < -0.39 is 0 Å². The van der Waals surface area contributed by atoms with E-state index in [-0.39, 0.29) is 5.56 Å². The topological polar surface area (TPSA) is 63.8 Å². The van der Waals surface area contributed by atoms with E-state index in [1.54, 1.807) is 7.05 Å². The molecule has 0 aliphatic rings. The quantitative estimate of drug-likeness (QED) is 0.606. The molecule has 0 fully saturated rings. The maximum Gasteiger partial charge on any atom is 0.269 e. The van der Waals surface area contributed by atoms with E-state index in [4.69, 9.17) is 5.73 Å². The minimum Gasteiger partial charge on any atom is -0.330 e. The molecule has 0 atom stereocenters. The van der Waals surface area contributed by atoms with Crippen LogP contribution in [-0.2, 0) is 13.5 Å². The summed E-state index contributed by atoms with van der Waals surface area (Å²) in [5.74, 6) is 0. The molecule has 3 N–H and O–H groups in total. The van der Waals surface area contributed by atoms with E-state index in [2.05, 4.69) is 5.10 Å². The molecule has 1 heterocycles. The van der Waals surface area contributed by atoms with Crippen LogP contribution in [0.1, 0.15) is 11.3 Å². The summed E-state index contributed by atoms with van der Waals surface area (Å²) in [5, 5.41) is 2.94. The molecule has 0 aliphatic carbocycles. The first-order valence-corrected chi connectivity index (χ1v) is 3.61. The largest absolute Gasteiger partial charge is 0.330 e. The van der Waals surface area contributed by atoms with Crippen LogP contribution in [0.4, 0.5) is 0 Å². The molecule has 0 saturated carbocycles. The fraction of sp³-hybridized carbons (Fsp3) is 0.571. The Hall–Kier alpha value is -1.03. The van der Waals surface area contributed by atoms with Gasteiger partial charge in [0.15, 0.2) is 0 Å². The molecule has 4 nitrogen and oxygen atoms in total. The first-order chi connectivity index (χ1) is 5.16. The maximum atomic E-state index is 11.2. The van der Waals surface area contributed by atoms with E-state index in [1.807, 2.05) is 6.92 Å². The Morgan fingerprint density at radius 1 is 1.64 bits per heavy atom. The molecule has 62 valence electrons. The van der Waals surface area contributed by atoms with E-state index >= 15 is 0 Å². The first-order valence-electron chi connectivity index (χ1n) is 3.61. The lowest BCUT2D eigenvalue weighted by Crippen LogP contribution is -2.13. The zero-order chi connectivity index (χ0) is 8.43. The van der Waals surface area contributed by atoms with Crippen LogP contribution in [0.3, 0.4) is 0 Å². The van der Waals surface area contributed by atoms with E-state index in [1.165, 1.54) is 4.68 Å². The zero-order valence-corrected chi connectivity index (χ0v) is 6.85.